The van der Waals surface area contributed by atoms with E-state index in [1.807, 2.05) is 6.92 Å². The zero-order chi connectivity index (χ0) is 16.8. The first-order valence-corrected chi connectivity index (χ1v) is 6.65. The van der Waals surface area contributed by atoms with Gasteiger partial charge in [0.25, 0.3) is 0 Å². The van der Waals surface area contributed by atoms with Crippen LogP contribution in [-0.4, -0.2) is 47.3 Å². The summed E-state index contributed by atoms with van der Waals surface area (Å²) in [5.41, 5.74) is 0.519. The molecule has 0 heterocycles. The second-order valence-corrected chi connectivity index (χ2v) is 4.57. The molecule has 7 heteroatoms. The Bertz CT molecular complexity index is 513. The number of rotatable bonds is 7. The molecule has 0 spiro atoms. The van der Waals surface area contributed by atoms with E-state index in [0.717, 1.165) is 0 Å². The first-order valence-electron chi connectivity index (χ1n) is 6.65. The molecular weight excluding hydrogens is 288 g/mol. The molecule has 0 bridgehead atoms. The molecule has 0 radical (unpaired) electrons. The van der Waals surface area contributed by atoms with E-state index in [0.29, 0.717) is 17.7 Å². The summed E-state index contributed by atoms with van der Waals surface area (Å²) in [6, 6.07) is 6.90. The average molecular weight is 308 g/mol. The van der Waals surface area contributed by atoms with Gasteiger partial charge in [-0.1, -0.05) is 25.1 Å². The van der Waals surface area contributed by atoms with E-state index in [2.05, 4.69) is 9.98 Å². The van der Waals surface area contributed by atoms with Gasteiger partial charge in [0.2, 0.25) is 12.2 Å². The summed E-state index contributed by atoms with van der Waals surface area (Å²) < 4.78 is 0. The maximum atomic E-state index is 10.0. The summed E-state index contributed by atoms with van der Waals surface area (Å²) in [5, 5.41) is 26.0. The van der Waals surface area contributed by atoms with Crippen molar-refractivity contribution in [3.63, 3.8) is 0 Å². The van der Waals surface area contributed by atoms with Gasteiger partial charge in [0.15, 0.2) is 0 Å². The van der Waals surface area contributed by atoms with E-state index in [9.17, 15) is 9.59 Å². The standard InChI is InChI=1S/C9H6N2O2.C6H14O3/c12-6-10-5-8-3-1-2-4-9(8)11-7-13;1-2-6(3-7,4-8)5-9/h1-4H,5H2;7-9H,2-5H2,1H3. The Morgan fingerprint density at radius 3 is 2.05 bits per heavy atom. The zero-order valence-corrected chi connectivity index (χ0v) is 12.4. The largest absolute Gasteiger partial charge is 0.396 e. The van der Waals surface area contributed by atoms with Crippen molar-refractivity contribution >= 4 is 17.8 Å². The van der Waals surface area contributed by atoms with E-state index < -0.39 is 5.41 Å². The lowest BCUT2D eigenvalue weighted by Gasteiger charge is -2.24. The molecule has 0 aliphatic rings. The lowest BCUT2D eigenvalue weighted by atomic mass is 9.88. The second kappa shape index (κ2) is 11.5. The van der Waals surface area contributed by atoms with Gasteiger partial charge in [0.1, 0.15) is 0 Å². The fourth-order valence-corrected chi connectivity index (χ4v) is 1.41. The van der Waals surface area contributed by atoms with Crippen LogP contribution in [0.25, 0.3) is 0 Å². The normalized spacial score (nSPS) is 9.82. The van der Waals surface area contributed by atoms with E-state index in [1.165, 1.54) is 12.2 Å². The average Bonchev–Trinajstić information content (AvgIpc) is 2.58. The van der Waals surface area contributed by atoms with Crippen molar-refractivity contribution in [2.45, 2.75) is 19.9 Å². The van der Waals surface area contributed by atoms with Gasteiger partial charge in [0, 0.05) is 11.0 Å². The van der Waals surface area contributed by atoms with Gasteiger partial charge in [-0.15, -0.1) is 0 Å². The molecule has 0 aliphatic heterocycles. The predicted octanol–water partition coefficient (Wildman–Crippen LogP) is 0.849. The molecule has 1 rings (SSSR count). The van der Waals surface area contributed by atoms with Crippen LogP contribution in [0.15, 0.2) is 34.3 Å². The molecule has 0 amide bonds. The van der Waals surface area contributed by atoms with Gasteiger partial charge in [-0.2, -0.15) is 4.99 Å². The predicted molar refractivity (Wildman–Crippen MR) is 80.0 cm³/mol. The fourth-order valence-electron chi connectivity index (χ4n) is 1.41. The van der Waals surface area contributed by atoms with Crippen LogP contribution in [0.5, 0.6) is 0 Å². The van der Waals surface area contributed by atoms with Gasteiger partial charge in [-0.05, 0) is 12.5 Å². The van der Waals surface area contributed by atoms with E-state index in [4.69, 9.17) is 15.3 Å². The fraction of sp³-hybridized carbons (Fsp3) is 0.467. The number of hydrogen-bond donors (Lipinski definition) is 3. The Balaban J connectivity index is 0.000000433. The first kappa shape index (κ1) is 19.9. The minimum absolute atomic E-state index is 0.156. The van der Waals surface area contributed by atoms with Crippen molar-refractivity contribution < 1.29 is 24.9 Å². The molecule has 0 aliphatic carbocycles. The summed E-state index contributed by atoms with van der Waals surface area (Å²) in [4.78, 5) is 26.7. The Morgan fingerprint density at radius 2 is 1.64 bits per heavy atom. The highest BCUT2D eigenvalue weighted by atomic mass is 16.3. The highest BCUT2D eigenvalue weighted by Crippen LogP contribution is 2.18. The van der Waals surface area contributed by atoms with Gasteiger partial charge in [-0.3, -0.25) is 0 Å². The molecular formula is C15H20N2O5. The third kappa shape index (κ3) is 6.54. The van der Waals surface area contributed by atoms with E-state index >= 15 is 0 Å². The molecule has 3 N–H and O–H groups in total. The highest BCUT2D eigenvalue weighted by molar-refractivity contribution is 5.53. The number of hydrogen-bond acceptors (Lipinski definition) is 7. The minimum Gasteiger partial charge on any atom is -0.396 e. The number of benzene rings is 1. The number of para-hydroxylation sites is 1. The third-order valence-electron chi connectivity index (χ3n) is 3.23. The van der Waals surface area contributed by atoms with Gasteiger partial charge >= 0.3 is 0 Å². The lowest BCUT2D eigenvalue weighted by Crippen LogP contribution is -2.32. The third-order valence-corrected chi connectivity index (χ3v) is 3.23. The summed E-state index contributed by atoms with van der Waals surface area (Å²) in [7, 11) is 0. The van der Waals surface area contributed by atoms with Crippen molar-refractivity contribution in [3.05, 3.63) is 29.8 Å². The number of carbonyl (C=O) groups excluding carboxylic acids is 2. The molecule has 0 saturated heterocycles. The molecule has 0 atom stereocenters. The molecule has 1 aromatic rings. The number of aliphatic hydroxyl groups excluding tert-OH is 3. The van der Waals surface area contributed by atoms with Crippen LogP contribution < -0.4 is 0 Å². The van der Waals surface area contributed by atoms with Crippen molar-refractivity contribution in [3.8, 4) is 0 Å². The Labute approximate surface area is 128 Å². The highest BCUT2D eigenvalue weighted by Gasteiger charge is 2.24. The number of aliphatic imine (C=N–C) groups is 2. The van der Waals surface area contributed by atoms with Crippen LogP contribution >= 0.6 is 0 Å². The Kier molecular flexibility index (Phi) is 10.4. The second-order valence-electron chi connectivity index (χ2n) is 4.57. The maximum Gasteiger partial charge on any atom is 0.240 e. The van der Waals surface area contributed by atoms with Gasteiger partial charge in [-0.25, -0.2) is 14.6 Å². The molecule has 1 aromatic carbocycles. The smallest absolute Gasteiger partial charge is 0.240 e. The van der Waals surface area contributed by atoms with E-state index in [-0.39, 0.29) is 26.4 Å². The zero-order valence-electron chi connectivity index (χ0n) is 12.4. The van der Waals surface area contributed by atoms with Crippen LogP contribution in [0.1, 0.15) is 18.9 Å². The number of aliphatic hydroxyl groups is 3. The lowest BCUT2D eigenvalue weighted by molar-refractivity contribution is 0.00304. The van der Waals surface area contributed by atoms with Crippen LogP contribution in [0.4, 0.5) is 5.69 Å². The molecule has 0 fully saturated rings. The summed E-state index contributed by atoms with van der Waals surface area (Å²) in [6.45, 7) is 1.54. The summed E-state index contributed by atoms with van der Waals surface area (Å²) >= 11 is 0. The Morgan fingerprint density at radius 1 is 1.05 bits per heavy atom. The maximum absolute atomic E-state index is 10.0. The number of isocyanates is 2. The summed E-state index contributed by atoms with van der Waals surface area (Å²) in [5.74, 6) is 0. The van der Waals surface area contributed by atoms with Crippen molar-refractivity contribution in [2.24, 2.45) is 15.4 Å². The molecule has 0 unspecified atom stereocenters. The monoisotopic (exact) mass is 308 g/mol. The quantitative estimate of drug-likeness (QED) is 0.509. The SMILES string of the molecule is CCC(CO)(CO)CO.O=C=NCc1ccccc1N=C=O. The topological polar surface area (TPSA) is 120 Å². The Hall–Kier alpha value is -2.14. The molecule has 0 saturated carbocycles. The summed E-state index contributed by atoms with van der Waals surface area (Å²) in [6.07, 6.45) is 3.45. The van der Waals surface area contributed by atoms with E-state index in [1.54, 1.807) is 24.3 Å². The van der Waals surface area contributed by atoms with Crippen LogP contribution in [0, 0.1) is 5.41 Å². The van der Waals surface area contributed by atoms with Crippen LogP contribution in [0.3, 0.4) is 0 Å². The first-order chi connectivity index (χ1) is 10.6. The van der Waals surface area contributed by atoms with Crippen LogP contribution in [0.2, 0.25) is 0 Å². The van der Waals surface area contributed by atoms with Crippen molar-refractivity contribution in [1.82, 2.24) is 0 Å². The van der Waals surface area contributed by atoms with Gasteiger partial charge < -0.3 is 15.3 Å². The molecule has 7 nitrogen and oxygen atoms in total. The molecule has 120 valence electrons. The minimum atomic E-state index is -0.667. The van der Waals surface area contributed by atoms with Crippen LogP contribution in [-0.2, 0) is 16.1 Å². The molecule has 22 heavy (non-hydrogen) atoms. The number of nitrogens with zero attached hydrogens (tertiary/aromatic N) is 2. The molecule has 0 aromatic heterocycles. The van der Waals surface area contributed by atoms with Gasteiger partial charge in [0.05, 0.1) is 32.1 Å². The van der Waals surface area contributed by atoms with Crippen molar-refractivity contribution in [2.75, 3.05) is 19.8 Å². The van der Waals surface area contributed by atoms with Crippen molar-refractivity contribution in [1.29, 1.82) is 0 Å².